The van der Waals surface area contributed by atoms with Gasteiger partial charge in [0.2, 0.25) is 5.79 Å². The Morgan fingerprint density at radius 1 is 1.32 bits per heavy atom. The second-order valence-corrected chi connectivity index (χ2v) is 4.55. The zero-order valence-electron chi connectivity index (χ0n) is 12.3. The van der Waals surface area contributed by atoms with E-state index in [0.717, 1.165) is 11.4 Å². The molecule has 0 spiro atoms. The predicted octanol–water partition coefficient (Wildman–Crippen LogP) is 2.09. The number of pyridine rings is 1. The third-order valence-electron chi connectivity index (χ3n) is 2.66. The van der Waals surface area contributed by atoms with Crippen molar-refractivity contribution < 1.29 is 9.47 Å². The molecular weight excluding hydrogens is 242 g/mol. The second-order valence-electron chi connectivity index (χ2n) is 4.55. The van der Waals surface area contributed by atoms with E-state index in [9.17, 15) is 0 Å². The maximum atomic E-state index is 5.87. The van der Waals surface area contributed by atoms with E-state index in [4.69, 9.17) is 15.2 Å². The van der Waals surface area contributed by atoms with Crippen LogP contribution in [0.1, 0.15) is 33.3 Å². The Kier molecular flexibility index (Phi) is 6.21. The molecule has 0 aromatic carbocycles. The lowest BCUT2D eigenvalue weighted by molar-refractivity contribution is -0.235. The lowest BCUT2D eigenvalue weighted by Gasteiger charge is -2.32. The van der Waals surface area contributed by atoms with Gasteiger partial charge in [-0.05, 0) is 39.8 Å². The van der Waals surface area contributed by atoms with Crippen molar-refractivity contribution in [2.45, 2.75) is 39.5 Å². The molecule has 0 aliphatic rings. The van der Waals surface area contributed by atoms with E-state index in [1.165, 1.54) is 0 Å². The van der Waals surface area contributed by atoms with Crippen LogP contribution in [0.5, 0.6) is 0 Å². The molecule has 1 heterocycles. The summed E-state index contributed by atoms with van der Waals surface area (Å²) in [7, 11) is 0. The van der Waals surface area contributed by atoms with Crippen LogP contribution in [0.15, 0.2) is 18.3 Å². The Labute approximate surface area is 115 Å². The average molecular weight is 267 g/mol. The van der Waals surface area contributed by atoms with Gasteiger partial charge in [0.05, 0.1) is 6.54 Å². The number of anilines is 1. The van der Waals surface area contributed by atoms with Crippen LogP contribution in [0, 0.1) is 0 Å². The minimum Gasteiger partial charge on any atom is -0.368 e. The Balaban J connectivity index is 3.07. The van der Waals surface area contributed by atoms with Gasteiger partial charge < -0.3 is 20.5 Å². The first-order chi connectivity index (χ1) is 9.07. The Morgan fingerprint density at radius 2 is 1.95 bits per heavy atom. The van der Waals surface area contributed by atoms with Crippen LogP contribution < -0.4 is 11.1 Å². The molecule has 0 fully saturated rings. The Bertz CT molecular complexity index is 377. The highest BCUT2D eigenvalue weighted by molar-refractivity contribution is 5.40. The fourth-order valence-electron chi connectivity index (χ4n) is 1.95. The number of rotatable bonds is 8. The monoisotopic (exact) mass is 267 g/mol. The first kappa shape index (κ1) is 15.9. The largest absolute Gasteiger partial charge is 0.368 e. The van der Waals surface area contributed by atoms with E-state index < -0.39 is 5.79 Å². The molecule has 0 saturated heterocycles. The maximum Gasteiger partial charge on any atom is 0.207 e. The molecule has 1 rings (SSSR count). The summed E-state index contributed by atoms with van der Waals surface area (Å²) in [6.07, 6.45) is 1.74. The molecule has 0 aliphatic carbocycles. The Hall–Kier alpha value is -1.17. The van der Waals surface area contributed by atoms with Gasteiger partial charge >= 0.3 is 0 Å². The molecule has 0 aliphatic heterocycles. The molecule has 5 heteroatoms. The van der Waals surface area contributed by atoms with Gasteiger partial charge in [-0.15, -0.1) is 0 Å². The standard InChI is InChI=1S/C14H25N3O2/c1-5-18-14(10-15,19-6-2)12-7-8-16-13(9-12)17-11(3)4/h7-9,11H,5-6,10,15H2,1-4H3,(H,16,17). The highest BCUT2D eigenvalue weighted by atomic mass is 16.7. The summed E-state index contributed by atoms with van der Waals surface area (Å²) < 4.78 is 11.5. The fraction of sp³-hybridized carbons (Fsp3) is 0.643. The number of aromatic nitrogens is 1. The molecule has 1 aromatic heterocycles. The quantitative estimate of drug-likeness (QED) is 0.706. The van der Waals surface area contributed by atoms with Crippen LogP contribution in [0.25, 0.3) is 0 Å². The van der Waals surface area contributed by atoms with Crippen molar-refractivity contribution in [3.8, 4) is 0 Å². The van der Waals surface area contributed by atoms with Gasteiger partial charge in [-0.3, -0.25) is 0 Å². The van der Waals surface area contributed by atoms with Crippen LogP contribution in [-0.4, -0.2) is 30.8 Å². The molecule has 5 nitrogen and oxygen atoms in total. The summed E-state index contributed by atoms with van der Waals surface area (Å²) in [5, 5.41) is 3.26. The van der Waals surface area contributed by atoms with Crippen LogP contribution >= 0.6 is 0 Å². The number of ether oxygens (including phenoxy) is 2. The lowest BCUT2D eigenvalue weighted by Crippen LogP contribution is -2.41. The molecule has 0 unspecified atom stereocenters. The third-order valence-corrected chi connectivity index (χ3v) is 2.66. The van der Waals surface area contributed by atoms with Crippen molar-refractivity contribution in [1.29, 1.82) is 0 Å². The van der Waals surface area contributed by atoms with Gasteiger partial charge in [0.15, 0.2) is 0 Å². The number of nitrogens with two attached hydrogens (primary N) is 1. The van der Waals surface area contributed by atoms with Gasteiger partial charge in [0.25, 0.3) is 0 Å². The van der Waals surface area contributed by atoms with Gasteiger partial charge in [-0.25, -0.2) is 4.98 Å². The van der Waals surface area contributed by atoms with Gasteiger partial charge in [0.1, 0.15) is 5.82 Å². The Morgan fingerprint density at radius 3 is 2.42 bits per heavy atom. The zero-order valence-corrected chi connectivity index (χ0v) is 12.3. The number of nitrogens with zero attached hydrogens (tertiary/aromatic N) is 1. The van der Waals surface area contributed by atoms with Crippen molar-refractivity contribution in [3.05, 3.63) is 23.9 Å². The smallest absolute Gasteiger partial charge is 0.207 e. The lowest BCUT2D eigenvalue weighted by atomic mass is 10.1. The molecule has 0 radical (unpaired) electrons. The van der Waals surface area contributed by atoms with Crippen LogP contribution in [0.3, 0.4) is 0 Å². The summed E-state index contributed by atoms with van der Waals surface area (Å²) in [4.78, 5) is 4.28. The predicted molar refractivity (Wildman–Crippen MR) is 77.0 cm³/mol. The van der Waals surface area contributed by atoms with Crippen molar-refractivity contribution in [2.24, 2.45) is 5.73 Å². The van der Waals surface area contributed by atoms with Crippen molar-refractivity contribution in [3.63, 3.8) is 0 Å². The molecule has 0 atom stereocenters. The number of hydrogen-bond acceptors (Lipinski definition) is 5. The van der Waals surface area contributed by atoms with Gasteiger partial charge in [0, 0.05) is 31.0 Å². The second kappa shape index (κ2) is 7.43. The maximum absolute atomic E-state index is 5.87. The fourth-order valence-corrected chi connectivity index (χ4v) is 1.95. The van der Waals surface area contributed by atoms with Crippen molar-refractivity contribution >= 4 is 5.82 Å². The summed E-state index contributed by atoms with van der Waals surface area (Å²) in [6, 6.07) is 4.12. The average Bonchev–Trinajstić information content (AvgIpc) is 2.38. The highest BCUT2D eigenvalue weighted by Crippen LogP contribution is 2.27. The van der Waals surface area contributed by atoms with E-state index >= 15 is 0 Å². The first-order valence-electron chi connectivity index (χ1n) is 6.79. The summed E-state index contributed by atoms with van der Waals surface area (Å²) in [5.74, 6) is -0.0930. The van der Waals surface area contributed by atoms with E-state index in [2.05, 4.69) is 24.1 Å². The molecule has 1 aromatic rings. The molecule has 19 heavy (non-hydrogen) atoms. The zero-order chi connectivity index (χ0) is 14.3. The van der Waals surface area contributed by atoms with E-state index in [1.54, 1.807) is 6.20 Å². The number of hydrogen-bond donors (Lipinski definition) is 2. The first-order valence-corrected chi connectivity index (χ1v) is 6.79. The molecular formula is C14H25N3O2. The summed E-state index contributed by atoms with van der Waals surface area (Å²) in [6.45, 7) is 9.32. The van der Waals surface area contributed by atoms with Crippen LogP contribution in [-0.2, 0) is 15.3 Å². The van der Waals surface area contributed by atoms with Crippen LogP contribution in [0.2, 0.25) is 0 Å². The van der Waals surface area contributed by atoms with E-state index in [1.807, 2.05) is 26.0 Å². The van der Waals surface area contributed by atoms with Gasteiger partial charge in [-0.1, -0.05) is 0 Å². The third kappa shape index (κ3) is 4.16. The van der Waals surface area contributed by atoms with Crippen molar-refractivity contribution in [1.82, 2.24) is 4.98 Å². The van der Waals surface area contributed by atoms with Gasteiger partial charge in [-0.2, -0.15) is 0 Å². The number of nitrogens with one attached hydrogen (secondary N) is 1. The SMILES string of the molecule is CCOC(CN)(OCC)c1ccnc(NC(C)C)c1. The minimum atomic E-state index is -0.889. The highest BCUT2D eigenvalue weighted by Gasteiger charge is 2.32. The molecule has 3 N–H and O–H groups in total. The van der Waals surface area contributed by atoms with E-state index in [-0.39, 0.29) is 6.54 Å². The normalized spacial score (nSPS) is 11.9. The van der Waals surface area contributed by atoms with Crippen molar-refractivity contribution in [2.75, 3.05) is 25.1 Å². The minimum absolute atomic E-state index is 0.264. The van der Waals surface area contributed by atoms with E-state index in [0.29, 0.717) is 19.3 Å². The molecule has 0 saturated carbocycles. The molecule has 0 bridgehead atoms. The van der Waals surface area contributed by atoms with Crippen LogP contribution in [0.4, 0.5) is 5.82 Å². The molecule has 0 amide bonds. The molecule has 108 valence electrons. The summed E-state index contributed by atoms with van der Waals surface area (Å²) >= 11 is 0. The summed E-state index contributed by atoms with van der Waals surface area (Å²) in [5.41, 5.74) is 6.76. The topological polar surface area (TPSA) is 69.4 Å².